The summed E-state index contributed by atoms with van der Waals surface area (Å²) in [6.07, 6.45) is 1.46. The van der Waals surface area contributed by atoms with Gasteiger partial charge in [-0.1, -0.05) is 46.3 Å². The lowest BCUT2D eigenvalue weighted by atomic mass is 10.2. The van der Waals surface area contributed by atoms with E-state index in [-0.39, 0.29) is 11.3 Å². The molecule has 0 radical (unpaired) electrons. The number of carbonyl (C=O) groups is 1. The van der Waals surface area contributed by atoms with Crippen LogP contribution in [0.15, 0.2) is 82.4 Å². The Balaban J connectivity index is 1.64. The zero-order chi connectivity index (χ0) is 20.6. The van der Waals surface area contributed by atoms with E-state index < -0.39 is 10.8 Å². The summed E-state index contributed by atoms with van der Waals surface area (Å²) >= 11 is 3.39. The fourth-order valence-corrected chi connectivity index (χ4v) is 2.71. The quantitative estimate of drug-likeness (QED) is 0.318. The number of nitro groups is 1. The molecule has 0 aromatic heterocycles. The van der Waals surface area contributed by atoms with Crippen LogP contribution >= 0.6 is 15.9 Å². The molecule has 0 fully saturated rings. The van der Waals surface area contributed by atoms with Crippen LogP contribution in [0, 0.1) is 10.1 Å². The maximum absolute atomic E-state index is 12.2. The Morgan fingerprint density at radius 3 is 2.62 bits per heavy atom. The standard InChI is InChI=1S/C21H16BrN3O4/c22-18-10-8-15(9-11-18)14-29-20-7-2-1-4-17(20)13-23-24-21(26)16-5-3-6-19(12-16)25(27)28/h1-13H,14H2,(H,24,26)/b23-13+. The second-order valence-electron chi connectivity index (χ2n) is 5.96. The van der Waals surface area contributed by atoms with Crippen LogP contribution in [0.2, 0.25) is 0 Å². The molecule has 0 aliphatic rings. The van der Waals surface area contributed by atoms with Crippen LogP contribution in [-0.2, 0) is 6.61 Å². The molecule has 0 aliphatic heterocycles. The zero-order valence-electron chi connectivity index (χ0n) is 15.1. The van der Waals surface area contributed by atoms with Gasteiger partial charge in [0.05, 0.1) is 11.1 Å². The van der Waals surface area contributed by atoms with Gasteiger partial charge < -0.3 is 4.74 Å². The number of hydrogen-bond donors (Lipinski definition) is 1. The van der Waals surface area contributed by atoms with Crippen molar-refractivity contribution in [1.82, 2.24) is 5.43 Å². The number of amides is 1. The maximum Gasteiger partial charge on any atom is 0.271 e. The molecule has 0 saturated heterocycles. The van der Waals surface area contributed by atoms with Crippen molar-refractivity contribution in [1.29, 1.82) is 0 Å². The van der Waals surface area contributed by atoms with Crippen molar-refractivity contribution in [3.63, 3.8) is 0 Å². The van der Waals surface area contributed by atoms with Crippen LogP contribution in [0.5, 0.6) is 5.75 Å². The number of nitro benzene ring substituents is 1. The lowest BCUT2D eigenvalue weighted by Gasteiger charge is -2.09. The van der Waals surface area contributed by atoms with E-state index in [0.29, 0.717) is 17.9 Å². The first kappa shape index (κ1) is 20.2. The Morgan fingerprint density at radius 2 is 1.86 bits per heavy atom. The molecule has 8 heteroatoms. The fourth-order valence-electron chi connectivity index (χ4n) is 2.45. The number of nitrogens with zero attached hydrogens (tertiary/aromatic N) is 2. The highest BCUT2D eigenvalue weighted by molar-refractivity contribution is 9.10. The van der Waals surface area contributed by atoms with Crippen molar-refractivity contribution in [2.45, 2.75) is 6.61 Å². The van der Waals surface area contributed by atoms with Crippen molar-refractivity contribution < 1.29 is 14.5 Å². The highest BCUT2D eigenvalue weighted by Gasteiger charge is 2.10. The van der Waals surface area contributed by atoms with Gasteiger partial charge in [0.25, 0.3) is 11.6 Å². The first-order chi connectivity index (χ1) is 14.0. The van der Waals surface area contributed by atoms with Crippen molar-refractivity contribution in [3.05, 3.63) is 104 Å². The summed E-state index contributed by atoms with van der Waals surface area (Å²) in [6, 6.07) is 20.5. The smallest absolute Gasteiger partial charge is 0.271 e. The number of rotatable bonds is 7. The number of para-hydroxylation sites is 1. The summed E-state index contributed by atoms with van der Waals surface area (Å²) in [5.41, 5.74) is 4.06. The molecule has 3 rings (SSSR count). The number of hydrazone groups is 1. The Labute approximate surface area is 175 Å². The van der Waals surface area contributed by atoms with E-state index in [1.807, 2.05) is 42.5 Å². The Hall–Kier alpha value is -3.52. The molecule has 29 heavy (non-hydrogen) atoms. The third-order valence-electron chi connectivity index (χ3n) is 3.92. The maximum atomic E-state index is 12.2. The number of hydrogen-bond acceptors (Lipinski definition) is 5. The SMILES string of the molecule is O=C(N/N=C/c1ccccc1OCc1ccc(Br)cc1)c1cccc([N+](=O)[O-])c1. The molecule has 1 N–H and O–H groups in total. The Bertz CT molecular complexity index is 1050. The van der Waals surface area contributed by atoms with Gasteiger partial charge in [0.2, 0.25) is 0 Å². The Kier molecular flexibility index (Phi) is 6.70. The van der Waals surface area contributed by atoms with Crippen LogP contribution in [0.3, 0.4) is 0 Å². The monoisotopic (exact) mass is 453 g/mol. The minimum absolute atomic E-state index is 0.149. The molecule has 3 aromatic rings. The van der Waals surface area contributed by atoms with E-state index in [4.69, 9.17) is 4.74 Å². The number of non-ortho nitro benzene ring substituents is 1. The number of ether oxygens (including phenoxy) is 1. The van der Waals surface area contributed by atoms with E-state index in [1.54, 1.807) is 6.07 Å². The van der Waals surface area contributed by atoms with Gasteiger partial charge in [-0.3, -0.25) is 14.9 Å². The topological polar surface area (TPSA) is 93.8 Å². The first-order valence-corrected chi connectivity index (χ1v) is 9.36. The lowest BCUT2D eigenvalue weighted by Crippen LogP contribution is -2.17. The molecule has 7 nitrogen and oxygen atoms in total. The fraction of sp³-hybridized carbons (Fsp3) is 0.0476. The molecule has 1 amide bonds. The van der Waals surface area contributed by atoms with Gasteiger partial charge in [-0.05, 0) is 35.9 Å². The number of halogens is 1. The molecule has 146 valence electrons. The molecule has 0 spiro atoms. The molecular formula is C21H16BrN3O4. The van der Waals surface area contributed by atoms with Gasteiger partial charge in [0, 0.05) is 27.7 Å². The van der Waals surface area contributed by atoms with Crippen molar-refractivity contribution in [2.24, 2.45) is 5.10 Å². The summed E-state index contributed by atoms with van der Waals surface area (Å²) in [4.78, 5) is 22.4. The number of benzene rings is 3. The minimum atomic E-state index is -0.556. The van der Waals surface area contributed by atoms with E-state index >= 15 is 0 Å². The predicted molar refractivity (Wildman–Crippen MR) is 113 cm³/mol. The molecule has 0 atom stereocenters. The second-order valence-corrected chi connectivity index (χ2v) is 6.88. The summed E-state index contributed by atoms with van der Waals surface area (Å²) in [6.45, 7) is 0.387. The number of carbonyl (C=O) groups excluding carboxylic acids is 1. The summed E-state index contributed by atoms with van der Waals surface area (Å²) in [5.74, 6) is 0.0713. The van der Waals surface area contributed by atoms with Crippen LogP contribution in [-0.4, -0.2) is 17.0 Å². The molecule has 0 bridgehead atoms. The van der Waals surface area contributed by atoms with E-state index in [1.165, 1.54) is 30.5 Å². The third kappa shape index (κ3) is 5.73. The molecule has 0 saturated carbocycles. The van der Waals surface area contributed by atoms with E-state index in [2.05, 4.69) is 26.5 Å². The van der Waals surface area contributed by atoms with Crippen LogP contribution in [0.1, 0.15) is 21.5 Å². The Morgan fingerprint density at radius 1 is 1.10 bits per heavy atom. The van der Waals surface area contributed by atoms with Gasteiger partial charge in [0.15, 0.2) is 0 Å². The number of nitrogens with one attached hydrogen (secondary N) is 1. The third-order valence-corrected chi connectivity index (χ3v) is 4.44. The van der Waals surface area contributed by atoms with Gasteiger partial charge in [-0.25, -0.2) is 5.43 Å². The van der Waals surface area contributed by atoms with Crippen molar-refractivity contribution in [2.75, 3.05) is 0 Å². The predicted octanol–water partition coefficient (Wildman–Crippen LogP) is 4.70. The average molecular weight is 454 g/mol. The zero-order valence-corrected chi connectivity index (χ0v) is 16.7. The normalized spacial score (nSPS) is 10.7. The van der Waals surface area contributed by atoms with Crippen LogP contribution < -0.4 is 10.2 Å². The van der Waals surface area contributed by atoms with E-state index in [0.717, 1.165) is 10.0 Å². The van der Waals surface area contributed by atoms with Gasteiger partial charge >= 0.3 is 0 Å². The minimum Gasteiger partial charge on any atom is -0.488 e. The molecule has 3 aromatic carbocycles. The highest BCUT2D eigenvalue weighted by atomic mass is 79.9. The molecular weight excluding hydrogens is 438 g/mol. The summed E-state index contributed by atoms with van der Waals surface area (Å²) in [5, 5.41) is 14.8. The van der Waals surface area contributed by atoms with Crippen LogP contribution in [0.25, 0.3) is 0 Å². The first-order valence-electron chi connectivity index (χ1n) is 8.57. The summed E-state index contributed by atoms with van der Waals surface area (Å²) in [7, 11) is 0. The molecule has 0 unspecified atom stereocenters. The van der Waals surface area contributed by atoms with Crippen molar-refractivity contribution >= 4 is 33.7 Å². The molecule has 0 aliphatic carbocycles. The largest absolute Gasteiger partial charge is 0.488 e. The average Bonchev–Trinajstić information content (AvgIpc) is 2.74. The van der Waals surface area contributed by atoms with Crippen LogP contribution in [0.4, 0.5) is 5.69 Å². The summed E-state index contributed by atoms with van der Waals surface area (Å²) < 4.78 is 6.85. The lowest BCUT2D eigenvalue weighted by molar-refractivity contribution is -0.384. The van der Waals surface area contributed by atoms with Gasteiger partial charge in [-0.2, -0.15) is 5.10 Å². The second kappa shape index (κ2) is 9.61. The van der Waals surface area contributed by atoms with E-state index in [9.17, 15) is 14.9 Å². The van der Waals surface area contributed by atoms with Gasteiger partial charge in [0.1, 0.15) is 12.4 Å². The van der Waals surface area contributed by atoms with Crippen molar-refractivity contribution in [3.8, 4) is 5.75 Å². The highest BCUT2D eigenvalue weighted by Crippen LogP contribution is 2.19. The molecule has 0 heterocycles. The van der Waals surface area contributed by atoms with Gasteiger partial charge in [-0.15, -0.1) is 0 Å².